The van der Waals surface area contributed by atoms with Crippen molar-refractivity contribution in [2.24, 2.45) is 0 Å². The fourth-order valence-corrected chi connectivity index (χ4v) is 4.26. The third-order valence-electron chi connectivity index (χ3n) is 5.82. The lowest BCUT2D eigenvalue weighted by Gasteiger charge is -2.27. The summed E-state index contributed by atoms with van der Waals surface area (Å²) < 4.78 is 6.56. The zero-order valence-electron chi connectivity index (χ0n) is 17.4. The summed E-state index contributed by atoms with van der Waals surface area (Å²) >= 11 is 0. The van der Waals surface area contributed by atoms with E-state index in [1.54, 1.807) is 18.1 Å². The lowest BCUT2D eigenvalue weighted by Crippen LogP contribution is -2.39. The molecule has 0 bridgehead atoms. The number of hydrogen-bond acceptors (Lipinski definition) is 8. The number of nitrogens with zero attached hydrogens (tertiary/aromatic N) is 6. The second-order valence-electron chi connectivity index (χ2n) is 7.63. The van der Waals surface area contributed by atoms with Gasteiger partial charge in [-0.1, -0.05) is 6.07 Å². The molecule has 0 saturated carbocycles. The van der Waals surface area contributed by atoms with Gasteiger partial charge in [-0.25, -0.2) is 9.78 Å². The molecular formula is C21H23N7O3. The van der Waals surface area contributed by atoms with Gasteiger partial charge in [-0.15, -0.1) is 5.10 Å². The topological polar surface area (TPSA) is 109 Å². The van der Waals surface area contributed by atoms with Crippen LogP contribution >= 0.6 is 0 Å². The van der Waals surface area contributed by atoms with Crippen molar-refractivity contribution in [2.75, 3.05) is 35.3 Å². The average molecular weight is 421 g/mol. The van der Waals surface area contributed by atoms with Crippen LogP contribution in [0, 0.1) is 0 Å². The number of carbonyl (C=O) groups is 1. The second-order valence-corrected chi connectivity index (χ2v) is 7.63. The molecule has 4 heterocycles. The third-order valence-corrected chi connectivity index (χ3v) is 5.82. The summed E-state index contributed by atoms with van der Waals surface area (Å²) in [4.78, 5) is 38.2. The number of amides is 1. The number of benzene rings is 1. The first-order valence-corrected chi connectivity index (χ1v) is 10.4. The van der Waals surface area contributed by atoms with Crippen LogP contribution in [0.3, 0.4) is 0 Å². The first-order valence-electron chi connectivity index (χ1n) is 10.4. The molecule has 0 radical (unpaired) electrons. The smallest absolute Gasteiger partial charge is 0.388 e. The van der Waals surface area contributed by atoms with Crippen molar-refractivity contribution in [2.45, 2.75) is 32.4 Å². The highest BCUT2D eigenvalue weighted by atomic mass is 16.4. The van der Waals surface area contributed by atoms with Crippen LogP contribution in [0.4, 0.5) is 17.5 Å². The van der Waals surface area contributed by atoms with Gasteiger partial charge < -0.3 is 19.5 Å². The lowest BCUT2D eigenvalue weighted by atomic mass is 10.1. The molecule has 0 spiro atoms. The molecule has 31 heavy (non-hydrogen) atoms. The Labute approximate surface area is 178 Å². The fourth-order valence-electron chi connectivity index (χ4n) is 4.26. The van der Waals surface area contributed by atoms with Gasteiger partial charge in [0.2, 0.25) is 11.8 Å². The van der Waals surface area contributed by atoms with Crippen molar-refractivity contribution in [3.05, 3.63) is 46.6 Å². The maximum Gasteiger partial charge on any atom is 0.437 e. The monoisotopic (exact) mass is 421 g/mol. The minimum atomic E-state index is -0.498. The normalized spacial score (nSPS) is 18.0. The Morgan fingerprint density at radius 1 is 1.29 bits per heavy atom. The van der Waals surface area contributed by atoms with Crippen LogP contribution in [0.5, 0.6) is 0 Å². The van der Waals surface area contributed by atoms with E-state index in [0.29, 0.717) is 41.7 Å². The number of anilines is 3. The van der Waals surface area contributed by atoms with Gasteiger partial charge in [-0.3, -0.25) is 4.79 Å². The van der Waals surface area contributed by atoms with Gasteiger partial charge in [-0.05, 0) is 38.0 Å². The van der Waals surface area contributed by atoms with Crippen molar-refractivity contribution < 1.29 is 9.21 Å². The highest BCUT2D eigenvalue weighted by molar-refractivity contribution is 6.10. The molecule has 1 N–H and O–H groups in total. The molecule has 10 heteroatoms. The summed E-state index contributed by atoms with van der Waals surface area (Å²) in [6.45, 7) is 3.65. The fraction of sp³-hybridized carbons (Fsp3) is 0.381. The molecule has 10 nitrogen and oxygen atoms in total. The summed E-state index contributed by atoms with van der Waals surface area (Å²) in [6, 6.07) is 7.53. The van der Waals surface area contributed by atoms with E-state index in [1.807, 2.05) is 31.2 Å². The van der Waals surface area contributed by atoms with Crippen LogP contribution in [0.1, 0.15) is 30.1 Å². The predicted molar refractivity (Wildman–Crippen MR) is 115 cm³/mol. The zero-order chi connectivity index (χ0) is 21.5. The van der Waals surface area contributed by atoms with Crippen molar-refractivity contribution in [1.29, 1.82) is 0 Å². The number of aromatic nitrogens is 4. The summed E-state index contributed by atoms with van der Waals surface area (Å²) in [7, 11) is 1.76. The Kier molecular flexibility index (Phi) is 4.68. The minimum Gasteiger partial charge on any atom is -0.388 e. The highest BCUT2D eigenvalue weighted by Crippen LogP contribution is 2.34. The molecule has 1 atom stereocenters. The van der Waals surface area contributed by atoms with Gasteiger partial charge in [-0.2, -0.15) is 9.67 Å². The van der Waals surface area contributed by atoms with E-state index in [4.69, 9.17) is 4.42 Å². The van der Waals surface area contributed by atoms with E-state index in [1.165, 1.54) is 4.68 Å². The van der Waals surface area contributed by atoms with Crippen LogP contribution in [-0.4, -0.2) is 51.8 Å². The van der Waals surface area contributed by atoms with Crippen molar-refractivity contribution in [3.63, 3.8) is 0 Å². The molecule has 0 aliphatic carbocycles. The van der Waals surface area contributed by atoms with Gasteiger partial charge in [0.15, 0.2) is 0 Å². The van der Waals surface area contributed by atoms with Crippen LogP contribution in [0.2, 0.25) is 0 Å². The first kappa shape index (κ1) is 19.3. The predicted octanol–water partition coefficient (Wildman–Crippen LogP) is 1.98. The second kappa shape index (κ2) is 7.53. The number of aryl methyl sites for hydroxylation is 1. The van der Waals surface area contributed by atoms with E-state index in [9.17, 15) is 9.59 Å². The standard InChI is InChI=1S/C21H23N7O3/c1-3-28-21(30)31-18(25-28)13-6-4-7-14(10-13)27-12-15-8-5-9-26(15)17-16(19(27)29)11-23-20(22-2)24-17/h4,6-7,10-11,15H,3,5,8-9,12H2,1-2H3,(H,22,23,24). The van der Waals surface area contributed by atoms with Crippen LogP contribution in [-0.2, 0) is 6.54 Å². The molecule has 160 valence electrons. The SMILES string of the molecule is CCn1nc(-c2cccc(N3CC4CCCN4c4nc(NC)ncc4C3=O)c2)oc1=O. The van der Waals surface area contributed by atoms with Crippen molar-refractivity contribution in [1.82, 2.24) is 19.7 Å². The number of hydrogen-bond donors (Lipinski definition) is 1. The number of fused-ring (bicyclic) bond motifs is 3. The molecule has 5 rings (SSSR count). The first-order chi connectivity index (χ1) is 15.1. The maximum absolute atomic E-state index is 13.5. The Bertz CT molecular complexity index is 1200. The highest BCUT2D eigenvalue weighted by Gasteiger charge is 2.37. The largest absolute Gasteiger partial charge is 0.437 e. The summed E-state index contributed by atoms with van der Waals surface area (Å²) in [5.41, 5.74) is 1.84. The third kappa shape index (κ3) is 3.24. The molecule has 2 aliphatic rings. The van der Waals surface area contributed by atoms with E-state index in [0.717, 1.165) is 19.4 Å². The molecule has 1 amide bonds. The number of nitrogens with one attached hydrogen (secondary N) is 1. The molecule has 2 aromatic heterocycles. The van der Waals surface area contributed by atoms with Crippen LogP contribution < -0.4 is 20.9 Å². The minimum absolute atomic E-state index is 0.148. The molecule has 3 aromatic rings. The molecule has 1 saturated heterocycles. The van der Waals surface area contributed by atoms with E-state index < -0.39 is 5.76 Å². The number of rotatable bonds is 4. The summed E-state index contributed by atoms with van der Waals surface area (Å²) in [5.74, 6) is 0.764. The summed E-state index contributed by atoms with van der Waals surface area (Å²) in [6.07, 6.45) is 3.62. The van der Waals surface area contributed by atoms with Gasteiger partial charge in [0, 0.05) is 50.2 Å². The zero-order valence-corrected chi connectivity index (χ0v) is 17.4. The van der Waals surface area contributed by atoms with E-state index in [-0.39, 0.29) is 17.8 Å². The van der Waals surface area contributed by atoms with Crippen LogP contribution in [0.15, 0.2) is 39.7 Å². The van der Waals surface area contributed by atoms with Crippen molar-refractivity contribution in [3.8, 4) is 11.5 Å². The van der Waals surface area contributed by atoms with Gasteiger partial charge in [0.1, 0.15) is 11.4 Å². The molecule has 1 aromatic carbocycles. The maximum atomic E-state index is 13.5. The molecular weight excluding hydrogens is 398 g/mol. The Balaban J connectivity index is 1.57. The Hall–Kier alpha value is -3.69. The molecule has 1 unspecified atom stereocenters. The van der Waals surface area contributed by atoms with Crippen LogP contribution in [0.25, 0.3) is 11.5 Å². The van der Waals surface area contributed by atoms with Gasteiger partial charge in [0.05, 0.1) is 0 Å². The van der Waals surface area contributed by atoms with E-state index in [2.05, 4.69) is 25.3 Å². The molecule has 1 fully saturated rings. The summed E-state index contributed by atoms with van der Waals surface area (Å²) in [5, 5.41) is 7.18. The van der Waals surface area contributed by atoms with Crippen molar-refractivity contribution >= 4 is 23.4 Å². The Morgan fingerprint density at radius 3 is 2.94 bits per heavy atom. The molecule has 2 aliphatic heterocycles. The average Bonchev–Trinajstić information content (AvgIpc) is 3.40. The van der Waals surface area contributed by atoms with Gasteiger partial charge in [0.25, 0.3) is 5.91 Å². The quantitative estimate of drug-likeness (QED) is 0.681. The van der Waals surface area contributed by atoms with Gasteiger partial charge >= 0.3 is 5.76 Å². The Morgan fingerprint density at radius 2 is 2.16 bits per heavy atom. The van der Waals surface area contributed by atoms with E-state index >= 15 is 0 Å². The lowest BCUT2D eigenvalue weighted by molar-refractivity contribution is 0.0988. The number of carbonyl (C=O) groups excluding carboxylic acids is 1.